The zero-order valence-electron chi connectivity index (χ0n) is 16.8. The maximum Gasteiger partial charge on any atom is 0.262 e. The van der Waals surface area contributed by atoms with E-state index in [-0.39, 0.29) is 29.7 Å². The van der Waals surface area contributed by atoms with E-state index in [2.05, 4.69) is 4.98 Å². The van der Waals surface area contributed by atoms with Crippen molar-refractivity contribution in [3.8, 4) is 0 Å². The minimum atomic E-state index is -0.271. The number of nitrogens with zero attached hydrogens (tertiary/aromatic N) is 3. The lowest BCUT2D eigenvalue weighted by atomic mass is 9.97. The molecule has 1 unspecified atom stereocenters. The van der Waals surface area contributed by atoms with Crippen molar-refractivity contribution in [2.75, 3.05) is 6.54 Å². The summed E-state index contributed by atoms with van der Waals surface area (Å²) < 4.78 is 14.8. The molecule has 0 bridgehead atoms. The summed E-state index contributed by atoms with van der Waals surface area (Å²) in [5.74, 6) is -0.242. The van der Waals surface area contributed by atoms with Crippen LogP contribution in [-0.2, 0) is 24.2 Å². The van der Waals surface area contributed by atoms with Crippen molar-refractivity contribution in [1.29, 1.82) is 0 Å². The molecule has 1 fully saturated rings. The van der Waals surface area contributed by atoms with Crippen LogP contribution < -0.4 is 5.56 Å². The van der Waals surface area contributed by atoms with Crippen LogP contribution in [0.5, 0.6) is 0 Å². The number of likely N-dealkylation sites (tertiary alicyclic amines) is 1. The molecule has 2 aliphatic rings. The summed E-state index contributed by atoms with van der Waals surface area (Å²) in [5.41, 5.74) is 2.12. The lowest BCUT2D eigenvalue weighted by molar-refractivity contribution is -0.132. The van der Waals surface area contributed by atoms with Crippen LogP contribution in [0.25, 0.3) is 10.2 Å². The number of aryl methyl sites for hydroxylation is 3. The van der Waals surface area contributed by atoms with Gasteiger partial charge in [-0.3, -0.25) is 14.2 Å². The molecular formula is C23H24FN3O2S. The number of amides is 1. The van der Waals surface area contributed by atoms with Gasteiger partial charge in [-0.2, -0.15) is 0 Å². The van der Waals surface area contributed by atoms with Crippen molar-refractivity contribution in [3.05, 3.63) is 62.8 Å². The maximum atomic E-state index is 13.3. The molecule has 7 heteroatoms. The van der Waals surface area contributed by atoms with E-state index in [9.17, 15) is 14.0 Å². The van der Waals surface area contributed by atoms with E-state index in [0.29, 0.717) is 13.1 Å². The Labute approximate surface area is 178 Å². The number of carbonyl (C=O) groups is 1. The Morgan fingerprint density at radius 2 is 1.97 bits per heavy atom. The highest BCUT2D eigenvalue weighted by atomic mass is 32.1. The Bertz CT molecular complexity index is 1150. The standard InChI is InChI=1S/C23H24FN3O2S/c24-16-9-7-15(8-10-16)18-5-3-12-27(18)20(28)11-13-26-14-25-22-21(23(26)29)17-4-1-2-6-19(17)30-22/h7-10,14,18H,1-6,11-13H2. The van der Waals surface area contributed by atoms with Gasteiger partial charge < -0.3 is 4.90 Å². The number of fused-ring (bicyclic) bond motifs is 3. The second-order valence-electron chi connectivity index (χ2n) is 8.18. The van der Waals surface area contributed by atoms with Gasteiger partial charge >= 0.3 is 0 Å². The van der Waals surface area contributed by atoms with Crippen LogP contribution in [-0.4, -0.2) is 26.9 Å². The Morgan fingerprint density at radius 3 is 2.80 bits per heavy atom. The Morgan fingerprint density at radius 1 is 1.17 bits per heavy atom. The lowest BCUT2D eigenvalue weighted by Gasteiger charge is -2.25. The average molecular weight is 426 g/mol. The van der Waals surface area contributed by atoms with E-state index in [1.807, 2.05) is 4.90 Å². The second-order valence-corrected chi connectivity index (χ2v) is 9.26. The third-order valence-electron chi connectivity index (χ3n) is 6.34. The Balaban J connectivity index is 1.33. The van der Waals surface area contributed by atoms with Gasteiger partial charge in [0, 0.05) is 24.4 Å². The molecule has 1 saturated heterocycles. The largest absolute Gasteiger partial charge is 0.336 e. The molecule has 1 aliphatic heterocycles. The summed E-state index contributed by atoms with van der Waals surface area (Å²) >= 11 is 1.64. The number of halogens is 1. The zero-order chi connectivity index (χ0) is 20.7. The number of rotatable bonds is 4. The van der Waals surface area contributed by atoms with Gasteiger partial charge in [0.1, 0.15) is 10.6 Å². The van der Waals surface area contributed by atoms with Gasteiger partial charge in [0.2, 0.25) is 5.91 Å². The highest BCUT2D eigenvalue weighted by Crippen LogP contribution is 2.34. The fourth-order valence-corrected chi connectivity index (χ4v) is 6.02. The molecule has 1 atom stereocenters. The monoisotopic (exact) mass is 425 g/mol. The molecule has 5 nitrogen and oxygen atoms in total. The number of thiophene rings is 1. The predicted octanol–water partition coefficient (Wildman–Crippen LogP) is 4.23. The first-order valence-corrected chi connectivity index (χ1v) is 11.5. The van der Waals surface area contributed by atoms with Crippen LogP contribution in [0.15, 0.2) is 35.4 Å². The van der Waals surface area contributed by atoms with E-state index in [4.69, 9.17) is 0 Å². The fourth-order valence-electron chi connectivity index (χ4n) is 4.80. The van der Waals surface area contributed by atoms with Gasteiger partial charge in [0.25, 0.3) is 5.56 Å². The van der Waals surface area contributed by atoms with Crippen LogP contribution in [0, 0.1) is 5.82 Å². The van der Waals surface area contributed by atoms with Crippen LogP contribution in [0.4, 0.5) is 4.39 Å². The summed E-state index contributed by atoms with van der Waals surface area (Å²) in [6.07, 6.45) is 7.93. The summed E-state index contributed by atoms with van der Waals surface area (Å²) in [4.78, 5) is 34.5. The SMILES string of the molecule is O=C(CCn1cnc2sc3c(c2c1=O)CCCC3)N1CCCC1c1ccc(F)cc1. The van der Waals surface area contributed by atoms with Crippen molar-refractivity contribution in [2.24, 2.45) is 0 Å². The number of carbonyl (C=O) groups excluding carboxylic acids is 1. The van der Waals surface area contributed by atoms with E-state index in [0.717, 1.165) is 47.9 Å². The average Bonchev–Trinajstić information content (AvgIpc) is 3.39. The summed E-state index contributed by atoms with van der Waals surface area (Å²) in [6, 6.07) is 6.39. The molecule has 1 aliphatic carbocycles. The smallest absolute Gasteiger partial charge is 0.262 e. The highest BCUT2D eigenvalue weighted by Gasteiger charge is 2.29. The number of aromatic nitrogens is 2. The summed E-state index contributed by atoms with van der Waals surface area (Å²) in [6.45, 7) is 1.03. The zero-order valence-corrected chi connectivity index (χ0v) is 17.6. The van der Waals surface area contributed by atoms with Crippen LogP contribution in [0.2, 0.25) is 0 Å². The van der Waals surface area contributed by atoms with Crippen LogP contribution in [0.3, 0.4) is 0 Å². The van der Waals surface area contributed by atoms with E-state index in [1.54, 1.807) is 34.4 Å². The van der Waals surface area contributed by atoms with Gasteiger partial charge in [-0.15, -0.1) is 11.3 Å². The fraction of sp³-hybridized carbons (Fsp3) is 0.435. The molecule has 30 heavy (non-hydrogen) atoms. The highest BCUT2D eigenvalue weighted by molar-refractivity contribution is 7.18. The Hall–Kier alpha value is -2.54. The van der Waals surface area contributed by atoms with Crippen molar-refractivity contribution < 1.29 is 9.18 Å². The molecule has 0 N–H and O–H groups in total. The van der Waals surface area contributed by atoms with Crippen LogP contribution >= 0.6 is 11.3 Å². The number of hydrogen-bond acceptors (Lipinski definition) is 4. The van der Waals surface area contributed by atoms with Crippen molar-refractivity contribution >= 4 is 27.5 Å². The minimum Gasteiger partial charge on any atom is -0.336 e. The summed E-state index contributed by atoms with van der Waals surface area (Å²) in [7, 11) is 0. The first kappa shape index (κ1) is 19.4. The number of hydrogen-bond donors (Lipinski definition) is 0. The molecule has 0 saturated carbocycles. The quantitative estimate of drug-likeness (QED) is 0.629. The first-order chi connectivity index (χ1) is 14.6. The van der Waals surface area contributed by atoms with Crippen molar-refractivity contribution in [1.82, 2.24) is 14.5 Å². The van der Waals surface area contributed by atoms with E-state index in [1.165, 1.54) is 29.0 Å². The first-order valence-electron chi connectivity index (χ1n) is 10.7. The topological polar surface area (TPSA) is 55.2 Å². The summed E-state index contributed by atoms with van der Waals surface area (Å²) in [5, 5.41) is 0.759. The van der Waals surface area contributed by atoms with Gasteiger partial charge in [0.15, 0.2) is 0 Å². The van der Waals surface area contributed by atoms with Gasteiger partial charge in [-0.25, -0.2) is 9.37 Å². The van der Waals surface area contributed by atoms with Crippen molar-refractivity contribution in [2.45, 2.75) is 57.5 Å². The van der Waals surface area contributed by atoms with Crippen LogP contribution in [0.1, 0.15) is 54.1 Å². The van der Waals surface area contributed by atoms with E-state index < -0.39 is 0 Å². The molecule has 2 aromatic heterocycles. The third-order valence-corrected chi connectivity index (χ3v) is 7.54. The molecule has 3 heterocycles. The molecule has 1 aromatic carbocycles. The normalized spacial score (nSPS) is 18.7. The van der Waals surface area contributed by atoms with Gasteiger partial charge in [-0.05, 0) is 61.8 Å². The second kappa shape index (κ2) is 7.95. The predicted molar refractivity (Wildman–Crippen MR) is 115 cm³/mol. The molecular weight excluding hydrogens is 401 g/mol. The Kier molecular flexibility index (Phi) is 5.15. The number of benzene rings is 1. The third kappa shape index (κ3) is 3.45. The molecule has 0 radical (unpaired) electrons. The van der Waals surface area contributed by atoms with Crippen molar-refractivity contribution in [3.63, 3.8) is 0 Å². The minimum absolute atomic E-state index is 0.0145. The molecule has 3 aromatic rings. The van der Waals surface area contributed by atoms with Gasteiger partial charge in [-0.1, -0.05) is 12.1 Å². The van der Waals surface area contributed by atoms with E-state index >= 15 is 0 Å². The maximum absolute atomic E-state index is 13.3. The lowest BCUT2D eigenvalue weighted by Crippen LogP contribution is -2.32. The molecule has 0 spiro atoms. The van der Waals surface area contributed by atoms with Gasteiger partial charge in [0.05, 0.1) is 17.8 Å². The molecule has 156 valence electrons. The molecule has 1 amide bonds. The molecule has 5 rings (SSSR count).